The van der Waals surface area contributed by atoms with E-state index in [1.54, 1.807) is 17.4 Å². The molecule has 0 aliphatic heterocycles. The molecule has 0 bridgehead atoms. The molecular formula is C10H8ClNOS. The zero-order valence-electron chi connectivity index (χ0n) is 7.29. The molecule has 2 aromatic rings. The van der Waals surface area contributed by atoms with E-state index in [-0.39, 0.29) is 0 Å². The normalized spacial score (nSPS) is 10.6. The van der Waals surface area contributed by atoms with Crippen LogP contribution in [0.3, 0.4) is 0 Å². The number of alkyl halides is 1. The van der Waals surface area contributed by atoms with Crippen molar-refractivity contribution in [1.29, 1.82) is 0 Å². The maximum Gasteiger partial charge on any atom is 0.150 e. The number of carbonyl (C=O) groups excluding carboxylic acids is 1. The zero-order valence-corrected chi connectivity index (χ0v) is 8.86. The number of hydrogen-bond donors (Lipinski definition) is 1. The minimum Gasteiger partial charge on any atom is -0.398 e. The van der Waals surface area contributed by atoms with Gasteiger partial charge in [0.2, 0.25) is 0 Å². The van der Waals surface area contributed by atoms with Gasteiger partial charge in [0, 0.05) is 27.2 Å². The molecule has 0 radical (unpaired) electrons. The second-order valence-corrected chi connectivity index (χ2v) is 4.13. The number of carbonyl (C=O) groups is 1. The van der Waals surface area contributed by atoms with E-state index in [1.165, 1.54) is 0 Å². The molecule has 0 aliphatic carbocycles. The van der Waals surface area contributed by atoms with E-state index in [4.69, 9.17) is 17.3 Å². The molecule has 1 aromatic heterocycles. The van der Waals surface area contributed by atoms with Gasteiger partial charge in [-0.1, -0.05) is 0 Å². The Bertz CT molecular complexity index is 492. The number of halogens is 1. The van der Waals surface area contributed by atoms with E-state index in [2.05, 4.69) is 0 Å². The van der Waals surface area contributed by atoms with Crippen molar-refractivity contribution in [2.24, 2.45) is 0 Å². The van der Waals surface area contributed by atoms with Gasteiger partial charge in [0.25, 0.3) is 0 Å². The Labute approximate surface area is 90.3 Å². The number of rotatable bonds is 2. The van der Waals surface area contributed by atoms with Gasteiger partial charge in [0.05, 0.1) is 0 Å². The van der Waals surface area contributed by atoms with Gasteiger partial charge in [-0.2, -0.15) is 0 Å². The van der Waals surface area contributed by atoms with Crippen molar-refractivity contribution in [2.45, 2.75) is 5.88 Å². The van der Waals surface area contributed by atoms with Crippen molar-refractivity contribution in [3.8, 4) is 0 Å². The average molecular weight is 226 g/mol. The van der Waals surface area contributed by atoms with Gasteiger partial charge < -0.3 is 5.73 Å². The Morgan fingerprint density at radius 3 is 3.00 bits per heavy atom. The molecule has 0 atom stereocenters. The van der Waals surface area contributed by atoms with Crippen molar-refractivity contribution in [2.75, 3.05) is 5.73 Å². The number of anilines is 1. The maximum absolute atomic E-state index is 10.8. The van der Waals surface area contributed by atoms with Gasteiger partial charge in [-0.3, -0.25) is 4.79 Å². The Hall–Kier alpha value is -1.06. The molecule has 4 heteroatoms. The molecular weight excluding hydrogens is 218 g/mol. The summed E-state index contributed by atoms with van der Waals surface area (Å²) in [6.07, 6.45) is 0.799. The predicted octanol–water partition coefficient (Wildman–Crippen LogP) is 3.03. The predicted molar refractivity (Wildman–Crippen MR) is 61.2 cm³/mol. The molecule has 0 saturated heterocycles. The first-order valence-corrected chi connectivity index (χ1v) is 5.49. The van der Waals surface area contributed by atoms with Crippen LogP contribution in [0.5, 0.6) is 0 Å². The van der Waals surface area contributed by atoms with Crippen LogP contribution in [0.4, 0.5) is 5.69 Å². The average Bonchev–Trinajstić information content (AvgIpc) is 2.66. The quantitative estimate of drug-likeness (QED) is 0.485. The van der Waals surface area contributed by atoms with E-state index < -0.39 is 0 Å². The summed E-state index contributed by atoms with van der Waals surface area (Å²) in [5.41, 5.74) is 7.91. The van der Waals surface area contributed by atoms with Crippen LogP contribution in [0.1, 0.15) is 15.9 Å². The largest absolute Gasteiger partial charge is 0.398 e. The lowest BCUT2D eigenvalue weighted by molar-refractivity contribution is 0.112. The fourth-order valence-electron chi connectivity index (χ4n) is 1.48. The summed E-state index contributed by atoms with van der Waals surface area (Å²) in [6, 6.07) is 3.62. The van der Waals surface area contributed by atoms with Gasteiger partial charge in [-0.05, 0) is 23.1 Å². The van der Waals surface area contributed by atoms with Gasteiger partial charge in [-0.25, -0.2) is 0 Å². The van der Waals surface area contributed by atoms with E-state index in [0.717, 1.165) is 21.9 Å². The Morgan fingerprint density at radius 1 is 1.57 bits per heavy atom. The number of fused-ring (bicyclic) bond motifs is 1. The van der Waals surface area contributed by atoms with Gasteiger partial charge in [0.1, 0.15) is 6.29 Å². The second kappa shape index (κ2) is 3.59. The summed E-state index contributed by atoms with van der Waals surface area (Å²) in [6.45, 7) is 0. The number of hydrogen-bond acceptors (Lipinski definition) is 3. The third-order valence-corrected chi connectivity index (χ3v) is 3.41. The number of benzene rings is 1. The van der Waals surface area contributed by atoms with Crippen LogP contribution in [0.15, 0.2) is 17.5 Å². The fraction of sp³-hybridized carbons (Fsp3) is 0.100. The van der Waals surface area contributed by atoms with Crippen LogP contribution in [-0.4, -0.2) is 6.29 Å². The van der Waals surface area contributed by atoms with Crippen LogP contribution < -0.4 is 5.73 Å². The first-order valence-electron chi connectivity index (χ1n) is 4.07. The lowest BCUT2D eigenvalue weighted by Crippen LogP contribution is -1.94. The Balaban J connectivity index is 2.88. The van der Waals surface area contributed by atoms with Crippen LogP contribution >= 0.6 is 22.9 Å². The number of nitrogens with two attached hydrogens (primary N) is 1. The molecule has 1 aromatic carbocycles. The van der Waals surface area contributed by atoms with E-state index in [0.29, 0.717) is 17.1 Å². The Morgan fingerprint density at radius 2 is 2.36 bits per heavy atom. The molecule has 0 unspecified atom stereocenters. The SMILES string of the molecule is Nc1cc(C=O)c(CCl)c2sccc12. The molecule has 0 spiro atoms. The third kappa shape index (κ3) is 1.29. The second-order valence-electron chi connectivity index (χ2n) is 2.95. The molecule has 0 fully saturated rings. The third-order valence-electron chi connectivity index (χ3n) is 2.17. The van der Waals surface area contributed by atoms with Crippen LogP contribution in [-0.2, 0) is 5.88 Å². The van der Waals surface area contributed by atoms with E-state index >= 15 is 0 Å². The summed E-state index contributed by atoms with van der Waals surface area (Å²) in [5, 5.41) is 2.93. The van der Waals surface area contributed by atoms with Crippen LogP contribution in [0.25, 0.3) is 10.1 Å². The summed E-state index contributed by atoms with van der Waals surface area (Å²) in [4.78, 5) is 10.8. The van der Waals surface area contributed by atoms with Crippen molar-refractivity contribution in [1.82, 2.24) is 0 Å². The number of nitrogen functional groups attached to an aromatic ring is 1. The van der Waals surface area contributed by atoms with Crippen molar-refractivity contribution >= 4 is 45.0 Å². The number of aldehydes is 1. The molecule has 2 rings (SSSR count). The monoisotopic (exact) mass is 225 g/mol. The molecule has 2 N–H and O–H groups in total. The van der Waals surface area contributed by atoms with E-state index in [9.17, 15) is 4.79 Å². The standard InChI is InChI=1S/C10H8ClNOS/c11-4-8-6(5-13)3-9(12)7-1-2-14-10(7)8/h1-3,5H,4,12H2. The summed E-state index contributed by atoms with van der Waals surface area (Å²) < 4.78 is 1.02. The minimum atomic E-state index is 0.339. The molecule has 1 heterocycles. The van der Waals surface area contributed by atoms with Crippen molar-refractivity contribution in [3.63, 3.8) is 0 Å². The van der Waals surface area contributed by atoms with E-state index in [1.807, 2.05) is 11.4 Å². The minimum absolute atomic E-state index is 0.339. The molecule has 2 nitrogen and oxygen atoms in total. The molecule has 14 heavy (non-hydrogen) atoms. The lowest BCUT2D eigenvalue weighted by atomic mass is 10.1. The zero-order chi connectivity index (χ0) is 10.1. The highest BCUT2D eigenvalue weighted by Gasteiger charge is 2.10. The molecule has 0 aliphatic rings. The van der Waals surface area contributed by atoms with Gasteiger partial charge in [0.15, 0.2) is 0 Å². The van der Waals surface area contributed by atoms with Crippen LogP contribution in [0, 0.1) is 0 Å². The number of thiophene rings is 1. The van der Waals surface area contributed by atoms with Crippen LogP contribution in [0.2, 0.25) is 0 Å². The first kappa shape index (κ1) is 9.49. The summed E-state index contributed by atoms with van der Waals surface area (Å²) >= 11 is 7.36. The summed E-state index contributed by atoms with van der Waals surface area (Å²) in [5.74, 6) is 0.339. The topological polar surface area (TPSA) is 43.1 Å². The highest BCUT2D eigenvalue weighted by Crippen LogP contribution is 2.32. The lowest BCUT2D eigenvalue weighted by Gasteiger charge is -2.05. The molecule has 0 amide bonds. The van der Waals surface area contributed by atoms with Crippen molar-refractivity contribution in [3.05, 3.63) is 28.6 Å². The maximum atomic E-state index is 10.8. The smallest absolute Gasteiger partial charge is 0.150 e. The van der Waals surface area contributed by atoms with Gasteiger partial charge in [-0.15, -0.1) is 22.9 Å². The Kier molecular flexibility index (Phi) is 2.44. The highest BCUT2D eigenvalue weighted by atomic mass is 35.5. The fourth-order valence-corrected chi connectivity index (χ4v) is 2.83. The molecule has 72 valence electrons. The highest BCUT2D eigenvalue weighted by molar-refractivity contribution is 7.17. The van der Waals surface area contributed by atoms with Gasteiger partial charge >= 0.3 is 0 Å². The molecule has 0 saturated carbocycles. The van der Waals surface area contributed by atoms with Crippen molar-refractivity contribution < 1.29 is 4.79 Å². The first-order chi connectivity index (χ1) is 6.77. The summed E-state index contributed by atoms with van der Waals surface area (Å²) in [7, 11) is 0.